The van der Waals surface area contributed by atoms with Gasteiger partial charge in [0.25, 0.3) is 0 Å². The summed E-state index contributed by atoms with van der Waals surface area (Å²) in [7, 11) is 0. The zero-order valence-corrected chi connectivity index (χ0v) is 13.0. The van der Waals surface area contributed by atoms with Gasteiger partial charge in [0.15, 0.2) is 0 Å². The van der Waals surface area contributed by atoms with Gasteiger partial charge in [0, 0.05) is 16.2 Å². The summed E-state index contributed by atoms with van der Waals surface area (Å²) in [4.78, 5) is 1.28. The van der Waals surface area contributed by atoms with Crippen LogP contribution in [0.4, 0.5) is 0 Å². The molecule has 0 aliphatic carbocycles. The van der Waals surface area contributed by atoms with Gasteiger partial charge >= 0.3 is 0 Å². The highest BCUT2D eigenvalue weighted by Gasteiger charge is 1.97. The highest BCUT2D eigenvalue weighted by atomic mass is 32.2. The van der Waals surface area contributed by atoms with Gasteiger partial charge in [-0.2, -0.15) is 0 Å². The Labute approximate surface area is 130 Å². The Bertz CT molecular complexity index is 643. The summed E-state index contributed by atoms with van der Waals surface area (Å²) in [5.41, 5.74) is 7.59. The van der Waals surface area contributed by atoms with Crippen LogP contribution in [0.3, 0.4) is 0 Å². The molecule has 2 aromatic rings. The van der Waals surface area contributed by atoms with Crippen LogP contribution in [0.25, 0.3) is 0 Å². The Morgan fingerprint density at radius 3 is 2.81 bits per heavy atom. The minimum absolute atomic E-state index is 0.373. The van der Waals surface area contributed by atoms with E-state index in [0.717, 1.165) is 17.1 Å². The second-order valence-corrected chi connectivity index (χ2v) is 5.72. The summed E-state index contributed by atoms with van der Waals surface area (Å²) in [6.45, 7) is 3.15. The molecule has 0 aliphatic rings. The number of nitrogens with two attached hydrogens (primary N) is 1. The molecule has 2 aromatic carbocycles. The first kappa shape index (κ1) is 15.5. The van der Waals surface area contributed by atoms with Crippen LogP contribution in [0, 0.1) is 18.8 Å². The van der Waals surface area contributed by atoms with Gasteiger partial charge < -0.3 is 10.5 Å². The van der Waals surface area contributed by atoms with Gasteiger partial charge in [0.1, 0.15) is 5.75 Å². The predicted molar refractivity (Wildman–Crippen MR) is 89.8 cm³/mol. The maximum Gasteiger partial charge on any atom is 0.120 e. The van der Waals surface area contributed by atoms with Gasteiger partial charge in [-0.05, 0) is 37.3 Å². The van der Waals surface area contributed by atoms with Crippen LogP contribution in [0.1, 0.15) is 11.1 Å². The lowest BCUT2D eigenvalue weighted by Crippen LogP contribution is -2.00. The van der Waals surface area contributed by atoms with Crippen molar-refractivity contribution in [1.82, 2.24) is 0 Å². The van der Waals surface area contributed by atoms with Crippen molar-refractivity contribution < 1.29 is 4.74 Å². The third kappa shape index (κ3) is 5.55. The molecule has 0 aliphatic heterocycles. The first-order valence-electron chi connectivity index (χ1n) is 6.89. The molecule has 0 bridgehead atoms. The van der Waals surface area contributed by atoms with Crippen molar-refractivity contribution >= 4 is 11.8 Å². The Kier molecular flexibility index (Phi) is 6.21. The molecule has 0 spiro atoms. The van der Waals surface area contributed by atoms with E-state index >= 15 is 0 Å². The van der Waals surface area contributed by atoms with E-state index in [4.69, 9.17) is 10.5 Å². The maximum absolute atomic E-state index is 5.76. The molecule has 0 unspecified atom stereocenters. The molecule has 0 amide bonds. The molecule has 0 heterocycles. The smallest absolute Gasteiger partial charge is 0.120 e. The summed E-state index contributed by atoms with van der Waals surface area (Å²) < 4.78 is 5.76. The van der Waals surface area contributed by atoms with Crippen LogP contribution in [0.2, 0.25) is 0 Å². The SMILES string of the molecule is Cc1cccc(SCCOc2cccc(C#CCN)c2)c1. The molecule has 0 fully saturated rings. The van der Waals surface area contributed by atoms with Crippen molar-refractivity contribution in [3.05, 3.63) is 59.7 Å². The Balaban J connectivity index is 1.81. The monoisotopic (exact) mass is 297 g/mol. The molecule has 0 aromatic heterocycles. The van der Waals surface area contributed by atoms with E-state index in [0.29, 0.717) is 13.2 Å². The molecular weight excluding hydrogens is 278 g/mol. The topological polar surface area (TPSA) is 35.2 Å². The molecular formula is C18H19NOS. The lowest BCUT2D eigenvalue weighted by molar-refractivity contribution is 0.344. The van der Waals surface area contributed by atoms with Gasteiger partial charge in [-0.3, -0.25) is 0 Å². The Morgan fingerprint density at radius 2 is 2.00 bits per heavy atom. The van der Waals surface area contributed by atoms with Crippen molar-refractivity contribution in [1.29, 1.82) is 0 Å². The number of ether oxygens (including phenoxy) is 1. The highest BCUT2D eigenvalue weighted by molar-refractivity contribution is 7.99. The summed E-state index contributed by atoms with van der Waals surface area (Å²) in [6.07, 6.45) is 0. The zero-order chi connectivity index (χ0) is 14.9. The Morgan fingerprint density at radius 1 is 1.14 bits per heavy atom. The van der Waals surface area contributed by atoms with Crippen molar-refractivity contribution in [2.24, 2.45) is 5.73 Å². The summed E-state index contributed by atoms with van der Waals surface area (Å²) in [5, 5.41) is 0. The van der Waals surface area contributed by atoms with Crippen LogP contribution >= 0.6 is 11.8 Å². The first-order chi connectivity index (χ1) is 10.3. The fourth-order valence-corrected chi connectivity index (χ4v) is 2.69. The zero-order valence-electron chi connectivity index (χ0n) is 12.1. The van der Waals surface area contributed by atoms with Crippen molar-refractivity contribution in [2.45, 2.75) is 11.8 Å². The van der Waals surface area contributed by atoms with E-state index in [1.165, 1.54) is 10.5 Å². The normalized spacial score (nSPS) is 9.81. The summed E-state index contributed by atoms with van der Waals surface area (Å²) >= 11 is 1.80. The molecule has 2 nitrogen and oxygen atoms in total. The number of hydrogen-bond donors (Lipinski definition) is 1. The summed E-state index contributed by atoms with van der Waals surface area (Å²) in [6, 6.07) is 16.3. The molecule has 2 N–H and O–H groups in total. The van der Waals surface area contributed by atoms with Crippen molar-refractivity contribution in [3.63, 3.8) is 0 Å². The number of hydrogen-bond acceptors (Lipinski definition) is 3. The number of aryl methyl sites for hydroxylation is 1. The van der Waals surface area contributed by atoms with Crippen LogP contribution < -0.4 is 10.5 Å². The van der Waals surface area contributed by atoms with Crippen LogP contribution in [-0.4, -0.2) is 18.9 Å². The highest BCUT2D eigenvalue weighted by Crippen LogP contribution is 2.19. The molecule has 2 rings (SSSR count). The van der Waals surface area contributed by atoms with Crippen molar-refractivity contribution in [3.8, 4) is 17.6 Å². The average Bonchev–Trinajstić information content (AvgIpc) is 2.50. The quantitative estimate of drug-likeness (QED) is 0.521. The third-order valence-electron chi connectivity index (χ3n) is 2.78. The lowest BCUT2D eigenvalue weighted by atomic mass is 10.2. The largest absolute Gasteiger partial charge is 0.493 e. The lowest BCUT2D eigenvalue weighted by Gasteiger charge is -2.07. The van der Waals surface area contributed by atoms with Crippen LogP contribution in [0.15, 0.2) is 53.4 Å². The average molecular weight is 297 g/mol. The fraction of sp³-hybridized carbons (Fsp3) is 0.222. The minimum atomic E-state index is 0.373. The number of thioether (sulfide) groups is 1. The third-order valence-corrected chi connectivity index (χ3v) is 3.74. The second kappa shape index (κ2) is 8.41. The molecule has 3 heteroatoms. The van der Waals surface area contributed by atoms with Crippen molar-refractivity contribution in [2.75, 3.05) is 18.9 Å². The van der Waals surface area contributed by atoms with E-state index in [2.05, 4.69) is 43.0 Å². The van der Waals surface area contributed by atoms with Gasteiger partial charge in [-0.25, -0.2) is 0 Å². The van der Waals surface area contributed by atoms with E-state index in [1.54, 1.807) is 11.8 Å². The van der Waals surface area contributed by atoms with E-state index in [9.17, 15) is 0 Å². The fourth-order valence-electron chi connectivity index (χ4n) is 1.84. The van der Waals surface area contributed by atoms with E-state index in [-0.39, 0.29) is 0 Å². The maximum atomic E-state index is 5.76. The van der Waals surface area contributed by atoms with Gasteiger partial charge in [-0.1, -0.05) is 35.6 Å². The predicted octanol–water partition coefficient (Wildman–Crippen LogP) is 3.48. The second-order valence-electron chi connectivity index (χ2n) is 4.55. The molecule has 0 radical (unpaired) electrons. The molecule has 108 valence electrons. The van der Waals surface area contributed by atoms with Gasteiger partial charge in [0.2, 0.25) is 0 Å². The molecule has 0 atom stereocenters. The molecule has 0 saturated heterocycles. The number of benzene rings is 2. The standard InChI is InChI=1S/C18H19NOS/c1-15-5-2-9-18(13-15)21-12-11-20-17-8-3-6-16(14-17)7-4-10-19/h2-3,5-6,8-9,13-14H,10-12,19H2,1H3. The number of rotatable bonds is 5. The minimum Gasteiger partial charge on any atom is -0.493 e. The molecule has 21 heavy (non-hydrogen) atoms. The summed E-state index contributed by atoms with van der Waals surface area (Å²) in [5.74, 6) is 7.62. The van der Waals surface area contributed by atoms with Gasteiger partial charge in [-0.15, -0.1) is 11.8 Å². The molecule has 0 saturated carbocycles. The van der Waals surface area contributed by atoms with Gasteiger partial charge in [0.05, 0.1) is 13.2 Å². The Hall–Kier alpha value is -1.89. The van der Waals surface area contributed by atoms with Crippen LogP contribution in [0.5, 0.6) is 5.75 Å². The van der Waals surface area contributed by atoms with E-state index < -0.39 is 0 Å². The van der Waals surface area contributed by atoms with E-state index in [1.807, 2.05) is 24.3 Å². The first-order valence-corrected chi connectivity index (χ1v) is 7.88. The van der Waals surface area contributed by atoms with Crippen LogP contribution in [-0.2, 0) is 0 Å².